The number of carbonyl (C=O) groups excluding carboxylic acids is 1. The van der Waals surface area contributed by atoms with Gasteiger partial charge < -0.3 is 14.2 Å². The van der Waals surface area contributed by atoms with Crippen LogP contribution in [0.5, 0.6) is 5.75 Å². The first kappa shape index (κ1) is 22.1. The van der Waals surface area contributed by atoms with Gasteiger partial charge in [0, 0.05) is 31.1 Å². The molecule has 34 heavy (non-hydrogen) atoms. The second kappa shape index (κ2) is 9.29. The molecule has 0 aliphatic carbocycles. The zero-order chi connectivity index (χ0) is 23.7. The lowest BCUT2D eigenvalue weighted by Gasteiger charge is -2.17. The number of benzene rings is 3. The summed E-state index contributed by atoms with van der Waals surface area (Å²) in [5.41, 5.74) is 5.08. The molecule has 0 saturated carbocycles. The van der Waals surface area contributed by atoms with Crippen LogP contribution in [0.3, 0.4) is 0 Å². The molecule has 0 bridgehead atoms. The van der Waals surface area contributed by atoms with Crippen LogP contribution in [0.2, 0.25) is 0 Å². The quantitative estimate of drug-likeness (QED) is 0.331. The van der Waals surface area contributed by atoms with Crippen molar-refractivity contribution in [1.82, 2.24) is 9.55 Å². The molecule has 1 aliphatic heterocycles. The highest BCUT2D eigenvalue weighted by Gasteiger charge is 2.34. The summed E-state index contributed by atoms with van der Waals surface area (Å²) in [7, 11) is 0. The number of ether oxygens (including phenoxy) is 1. The van der Waals surface area contributed by atoms with E-state index < -0.39 is 0 Å². The molecule has 174 valence electrons. The Kier molecular flexibility index (Phi) is 6.05. The summed E-state index contributed by atoms with van der Waals surface area (Å²) < 4.78 is 21.6. The predicted octanol–water partition coefficient (Wildman–Crippen LogP) is 5.78. The molecule has 0 radical (unpaired) electrons. The van der Waals surface area contributed by atoms with Crippen LogP contribution in [0.25, 0.3) is 11.0 Å². The molecule has 2 heterocycles. The Hall–Kier alpha value is -3.67. The van der Waals surface area contributed by atoms with E-state index in [2.05, 4.69) is 36.6 Å². The Balaban J connectivity index is 1.34. The van der Waals surface area contributed by atoms with Gasteiger partial charge in [-0.3, -0.25) is 4.79 Å². The minimum absolute atomic E-state index is 0.0229. The SMILES string of the molecule is Cc1ccc(OCCCn2c(C3CC(=O)N(c4ccc(F)cc4)C3)nc3ccccc32)c(C)c1. The molecule has 6 heteroatoms. The number of para-hydroxylation sites is 2. The van der Waals surface area contributed by atoms with Crippen molar-refractivity contribution in [2.24, 2.45) is 0 Å². The average molecular weight is 458 g/mol. The highest BCUT2D eigenvalue weighted by atomic mass is 19.1. The standard InChI is InChI=1S/C28H28FN3O2/c1-19-8-13-26(20(2)16-19)34-15-5-14-31-25-7-4-3-6-24(25)30-28(31)21-17-27(33)32(18-21)23-11-9-22(29)10-12-23/h3-4,6-13,16,21H,5,14-15,17-18H2,1-2H3. The van der Waals surface area contributed by atoms with E-state index in [4.69, 9.17) is 9.72 Å². The molecule has 1 amide bonds. The number of aromatic nitrogens is 2. The Labute approximate surface area is 198 Å². The number of aryl methyl sites for hydroxylation is 3. The van der Waals surface area contributed by atoms with Crippen LogP contribution < -0.4 is 9.64 Å². The van der Waals surface area contributed by atoms with E-state index in [0.29, 0.717) is 19.6 Å². The van der Waals surface area contributed by atoms with Gasteiger partial charge in [0.25, 0.3) is 0 Å². The first-order valence-electron chi connectivity index (χ1n) is 11.7. The molecule has 0 spiro atoms. The average Bonchev–Trinajstić information content (AvgIpc) is 3.39. The van der Waals surface area contributed by atoms with E-state index in [1.807, 2.05) is 24.3 Å². The second-order valence-electron chi connectivity index (χ2n) is 8.96. The third-order valence-electron chi connectivity index (χ3n) is 6.43. The number of imidazole rings is 1. The number of rotatable bonds is 7. The van der Waals surface area contributed by atoms with Gasteiger partial charge in [-0.15, -0.1) is 0 Å². The van der Waals surface area contributed by atoms with E-state index in [0.717, 1.165) is 46.8 Å². The van der Waals surface area contributed by atoms with E-state index >= 15 is 0 Å². The maximum Gasteiger partial charge on any atom is 0.227 e. The largest absolute Gasteiger partial charge is 0.493 e. The number of nitrogens with zero attached hydrogens (tertiary/aromatic N) is 3. The summed E-state index contributed by atoms with van der Waals surface area (Å²) in [6.07, 6.45) is 1.21. The maximum absolute atomic E-state index is 13.4. The first-order valence-corrected chi connectivity index (χ1v) is 11.7. The first-order chi connectivity index (χ1) is 16.5. The molecule has 1 saturated heterocycles. The molecular formula is C28H28FN3O2. The molecule has 4 aromatic rings. The summed E-state index contributed by atoms with van der Waals surface area (Å²) in [6, 6.07) is 20.4. The lowest BCUT2D eigenvalue weighted by Crippen LogP contribution is -2.24. The Morgan fingerprint density at radius 1 is 1.06 bits per heavy atom. The van der Waals surface area contributed by atoms with Crippen LogP contribution in [0.4, 0.5) is 10.1 Å². The van der Waals surface area contributed by atoms with E-state index in [9.17, 15) is 9.18 Å². The van der Waals surface area contributed by atoms with Gasteiger partial charge in [-0.05, 0) is 68.3 Å². The molecule has 1 aromatic heterocycles. The molecule has 1 fully saturated rings. The van der Waals surface area contributed by atoms with Gasteiger partial charge in [0.15, 0.2) is 0 Å². The predicted molar refractivity (Wildman–Crippen MR) is 132 cm³/mol. The van der Waals surface area contributed by atoms with Crippen molar-refractivity contribution in [3.8, 4) is 5.75 Å². The highest BCUT2D eigenvalue weighted by molar-refractivity contribution is 5.96. The molecular weight excluding hydrogens is 429 g/mol. The zero-order valence-electron chi connectivity index (χ0n) is 19.5. The Bertz CT molecular complexity index is 1330. The minimum atomic E-state index is -0.309. The fourth-order valence-corrected chi connectivity index (χ4v) is 4.76. The number of halogens is 1. The maximum atomic E-state index is 13.4. The number of fused-ring (bicyclic) bond motifs is 1. The van der Waals surface area contributed by atoms with Crippen molar-refractivity contribution in [2.45, 2.75) is 39.2 Å². The van der Waals surface area contributed by atoms with Crippen molar-refractivity contribution in [1.29, 1.82) is 0 Å². The molecule has 3 aromatic carbocycles. The lowest BCUT2D eigenvalue weighted by molar-refractivity contribution is -0.117. The van der Waals surface area contributed by atoms with Gasteiger partial charge in [0.1, 0.15) is 17.4 Å². The van der Waals surface area contributed by atoms with Gasteiger partial charge in [-0.2, -0.15) is 0 Å². The molecule has 1 unspecified atom stereocenters. The van der Waals surface area contributed by atoms with Crippen LogP contribution in [0, 0.1) is 19.7 Å². The van der Waals surface area contributed by atoms with Gasteiger partial charge in [0.2, 0.25) is 5.91 Å². The number of hydrogen-bond donors (Lipinski definition) is 0. The van der Waals surface area contributed by atoms with E-state index in [1.165, 1.54) is 17.7 Å². The highest BCUT2D eigenvalue weighted by Crippen LogP contribution is 2.33. The molecule has 5 rings (SSSR count). The summed E-state index contributed by atoms with van der Waals surface area (Å²) in [6.45, 7) is 6.03. The number of carbonyl (C=O) groups is 1. The normalized spacial score (nSPS) is 15.9. The van der Waals surface area contributed by atoms with Crippen LogP contribution in [-0.4, -0.2) is 28.6 Å². The van der Waals surface area contributed by atoms with Crippen LogP contribution in [0.1, 0.15) is 35.7 Å². The third-order valence-corrected chi connectivity index (χ3v) is 6.43. The molecule has 1 atom stereocenters. The van der Waals surface area contributed by atoms with Gasteiger partial charge in [-0.25, -0.2) is 9.37 Å². The smallest absolute Gasteiger partial charge is 0.227 e. The Morgan fingerprint density at radius 2 is 1.85 bits per heavy atom. The van der Waals surface area contributed by atoms with E-state index in [-0.39, 0.29) is 17.6 Å². The van der Waals surface area contributed by atoms with Crippen molar-refractivity contribution in [2.75, 3.05) is 18.1 Å². The number of anilines is 1. The number of hydrogen-bond acceptors (Lipinski definition) is 3. The number of amides is 1. The third kappa shape index (κ3) is 4.40. The van der Waals surface area contributed by atoms with Crippen molar-refractivity contribution in [3.05, 3.63) is 89.5 Å². The van der Waals surface area contributed by atoms with Crippen molar-refractivity contribution >= 4 is 22.6 Å². The topological polar surface area (TPSA) is 47.4 Å². The second-order valence-corrected chi connectivity index (χ2v) is 8.96. The van der Waals surface area contributed by atoms with E-state index in [1.54, 1.807) is 17.0 Å². The van der Waals surface area contributed by atoms with Crippen molar-refractivity contribution in [3.63, 3.8) is 0 Å². The van der Waals surface area contributed by atoms with Gasteiger partial charge >= 0.3 is 0 Å². The zero-order valence-corrected chi connectivity index (χ0v) is 19.5. The van der Waals surface area contributed by atoms with Crippen LogP contribution in [-0.2, 0) is 11.3 Å². The fourth-order valence-electron chi connectivity index (χ4n) is 4.76. The minimum Gasteiger partial charge on any atom is -0.493 e. The molecule has 1 aliphatic rings. The van der Waals surface area contributed by atoms with Crippen LogP contribution in [0.15, 0.2) is 66.7 Å². The lowest BCUT2D eigenvalue weighted by atomic mass is 10.1. The molecule has 5 nitrogen and oxygen atoms in total. The van der Waals surface area contributed by atoms with Gasteiger partial charge in [0.05, 0.1) is 17.6 Å². The summed E-state index contributed by atoms with van der Waals surface area (Å²) in [5, 5.41) is 0. The van der Waals surface area contributed by atoms with Crippen molar-refractivity contribution < 1.29 is 13.9 Å². The monoisotopic (exact) mass is 457 g/mol. The van der Waals surface area contributed by atoms with Gasteiger partial charge in [-0.1, -0.05) is 29.8 Å². The fraction of sp³-hybridized carbons (Fsp3) is 0.286. The summed E-state index contributed by atoms with van der Waals surface area (Å²) >= 11 is 0. The van der Waals surface area contributed by atoms with Crippen LogP contribution >= 0.6 is 0 Å². The summed E-state index contributed by atoms with van der Waals surface area (Å²) in [5.74, 6) is 1.54. The molecule has 0 N–H and O–H groups in total. The Morgan fingerprint density at radius 3 is 2.65 bits per heavy atom. The summed E-state index contributed by atoms with van der Waals surface area (Å²) in [4.78, 5) is 19.5.